The number of aliphatic carboxylic acids is 1. The van der Waals surface area contributed by atoms with E-state index in [1.165, 1.54) is 0 Å². The number of rotatable bonds is 11. The van der Waals surface area contributed by atoms with E-state index in [0.717, 1.165) is 11.1 Å². The highest BCUT2D eigenvalue weighted by Crippen LogP contribution is 2.43. The van der Waals surface area contributed by atoms with Gasteiger partial charge in [0, 0.05) is 29.8 Å². The summed E-state index contributed by atoms with van der Waals surface area (Å²) in [5.41, 5.74) is 4.34. The lowest BCUT2D eigenvalue weighted by atomic mass is 9.94. The Morgan fingerprint density at radius 2 is 1.85 bits per heavy atom. The van der Waals surface area contributed by atoms with Gasteiger partial charge in [0.2, 0.25) is 0 Å². The molecule has 0 saturated heterocycles. The number of hydrogen-bond acceptors (Lipinski definition) is 8. The Morgan fingerprint density at radius 1 is 1.15 bits per heavy atom. The van der Waals surface area contributed by atoms with Crippen LogP contribution in [0, 0.1) is 6.92 Å². The highest BCUT2D eigenvalue weighted by Gasteiger charge is 2.34. The Morgan fingerprint density at radius 3 is 2.44 bits per heavy atom. The predicted octanol–water partition coefficient (Wildman–Crippen LogP) is 5.39. The minimum Gasteiger partial charge on any atom is -0.496 e. The fraction of sp³-hybridized carbons (Fsp3) is 0.379. The lowest BCUT2D eigenvalue weighted by molar-refractivity contribution is -0.136. The predicted molar refractivity (Wildman–Crippen MR) is 150 cm³/mol. The summed E-state index contributed by atoms with van der Waals surface area (Å²) < 4.78 is 22.4. The van der Waals surface area contributed by atoms with Gasteiger partial charge < -0.3 is 29.0 Å². The molecule has 0 radical (unpaired) electrons. The van der Waals surface area contributed by atoms with Crippen molar-refractivity contribution in [1.82, 2.24) is 0 Å². The number of ether oxygens (including phenoxy) is 4. The fourth-order valence-corrected chi connectivity index (χ4v) is 4.67. The Hall–Kier alpha value is -3.92. The molecule has 0 bridgehead atoms. The molecule has 9 nitrogen and oxygen atoms in total. The van der Waals surface area contributed by atoms with E-state index in [1.807, 2.05) is 26.8 Å². The summed E-state index contributed by atoms with van der Waals surface area (Å²) in [6.07, 6.45) is 2.63. The van der Waals surface area contributed by atoms with Crippen molar-refractivity contribution in [3.8, 4) is 11.5 Å². The standard InChI is InChI=1S/C29H33NO8S/c1-6-30(20-12-10-19(11-13-20)27(33)36-7-2)29(39)38-26-21(14-8-17(3)9-15-23(31)32)25(35-5)18(4)22-16-37-28(34)24(22)26/h8,10-13H,6-7,9,14-16H2,1-5H3,(H,31,32). The molecule has 2 aromatic carbocycles. The smallest absolute Gasteiger partial charge is 0.342 e. The van der Waals surface area contributed by atoms with Crippen molar-refractivity contribution in [2.75, 3.05) is 25.2 Å². The molecule has 3 rings (SSSR count). The first-order chi connectivity index (χ1) is 18.6. The maximum atomic E-state index is 12.8. The van der Waals surface area contributed by atoms with Crippen LogP contribution in [0.3, 0.4) is 0 Å². The molecule has 0 saturated carbocycles. The van der Waals surface area contributed by atoms with Crippen molar-refractivity contribution >= 4 is 41.0 Å². The second-order valence-electron chi connectivity index (χ2n) is 8.92. The summed E-state index contributed by atoms with van der Waals surface area (Å²) in [4.78, 5) is 37.6. The van der Waals surface area contributed by atoms with Gasteiger partial charge in [0.25, 0.3) is 5.17 Å². The second-order valence-corrected chi connectivity index (χ2v) is 9.27. The van der Waals surface area contributed by atoms with Gasteiger partial charge in [-0.1, -0.05) is 11.6 Å². The van der Waals surface area contributed by atoms with E-state index in [0.29, 0.717) is 53.1 Å². The molecular formula is C29H33NO8S. The highest BCUT2D eigenvalue weighted by molar-refractivity contribution is 7.80. The number of carbonyl (C=O) groups excluding carboxylic acids is 2. The molecule has 0 aromatic heterocycles. The molecule has 10 heteroatoms. The van der Waals surface area contributed by atoms with Gasteiger partial charge in [-0.05, 0) is 82.6 Å². The summed E-state index contributed by atoms with van der Waals surface area (Å²) in [6.45, 7) is 8.19. The number of anilines is 1. The number of carboxylic acids is 1. The molecule has 1 heterocycles. The van der Waals surface area contributed by atoms with Crippen molar-refractivity contribution in [1.29, 1.82) is 0 Å². The first kappa shape index (κ1) is 29.6. The molecule has 0 atom stereocenters. The van der Waals surface area contributed by atoms with Crippen molar-refractivity contribution < 1.29 is 38.4 Å². The average Bonchev–Trinajstić information content (AvgIpc) is 3.30. The lowest BCUT2D eigenvalue weighted by Gasteiger charge is -2.26. The van der Waals surface area contributed by atoms with Crippen molar-refractivity contribution in [3.63, 3.8) is 0 Å². The van der Waals surface area contributed by atoms with Crippen LogP contribution in [0.4, 0.5) is 5.69 Å². The second kappa shape index (κ2) is 13.2. The van der Waals surface area contributed by atoms with Crippen LogP contribution in [-0.2, 0) is 27.3 Å². The maximum Gasteiger partial charge on any atom is 0.342 e. The Bertz CT molecular complexity index is 1300. The number of fused-ring (bicyclic) bond motifs is 1. The van der Waals surface area contributed by atoms with Gasteiger partial charge in [-0.15, -0.1) is 0 Å². The molecule has 1 aliphatic rings. The monoisotopic (exact) mass is 555 g/mol. The number of carboxylic acid groups (broad SMARTS) is 1. The topological polar surface area (TPSA) is 112 Å². The van der Waals surface area contributed by atoms with E-state index in [1.54, 1.807) is 43.2 Å². The van der Waals surface area contributed by atoms with Crippen LogP contribution in [0.1, 0.15) is 71.0 Å². The molecular weight excluding hydrogens is 522 g/mol. The number of cyclic esters (lactones) is 1. The normalized spacial score (nSPS) is 12.4. The number of esters is 2. The number of allylic oxidation sites excluding steroid dienone is 2. The van der Waals surface area contributed by atoms with Gasteiger partial charge in [-0.2, -0.15) is 0 Å². The number of carbonyl (C=O) groups is 3. The largest absolute Gasteiger partial charge is 0.496 e. The molecule has 0 unspecified atom stereocenters. The summed E-state index contributed by atoms with van der Waals surface area (Å²) in [5, 5.41) is 9.12. The average molecular weight is 556 g/mol. The highest BCUT2D eigenvalue weighted by atomic mass is 32.1. The zero-order valence-corrected chi connectivity index (χ0v) is 23.6. The van der Waals surface area contributed by atoms with Crippen LogP contribution >= 0.6 is 12.2 Å². The number of nitrogens with zero attached hydrogens (tertiary/aromatic N) is 1. The third kappa shape index (κ3) is 6.75. The first-order valence-corrected chi connectivity index (χ1v) is 13.1. The molecule has 1 N–H and O–H groups in total. The van der Waals surface area contributed by atoms with Crippen LogP contribution in [-0.4, -0.2) is 48.5 Å². The molecule has 0 amide bonds. The number of thiocarbonyl (C=S) groups is 1. The van der Waals surface area contributed by atoms with Crippen molar-refractivity contribution in [2.45, 2.75) is 53.6 Å². The molecule has 2 aromatic rings. The number of hydrogen-bond donors (Lipinski definition) is 1. The minimum atomic E-state index is -0.874. The molecule has 39 heavy (non-hydrogen) atoms. The van der Waals surface area contributed by atoms with Crippen molar-refractivity contribution in [3.05, 3.63) is 63.7 Å². The summed E-state index contributed by atoms with van der Waals surface area (Å²) >= 11 is 5.69. The number of methoxy groups -OCH3 is 1. The van der Waals surface area contributed by atoms with Crippen LogP contribution in [0.5, 0.6) is 11.5 Å². The van der Waals surface area contributed by atoms with Crippen LogP contribution in [0.25, 0.3) is 0 Å². The Balaban J connectivity index is 2.00. The van der Waals surface area contributed by atoms with Crippen LogP contribution in [0.2, 0.25) is 0 Å². The summed E-state index contributed by atoms with van der Waals surface area (Å²) in [5.74, 6) is -0.995. The van der Waals surface area contributed by atoms with E-state index >= 15 is 0 Å². The first-order valence-electron chi connectivity index (χ1n) is 12.7. The van der Waals surface area contributed by atoms with E-state index in [2.05, 4.69) is 0 Å². The molecule has 0 aliphatic carbocycles. The zero-order valence-electron chi connectivity index (χ0n) is 22.8. The summed E-state index contributed by atoms with van der Waals surface area (Å²) in [6, 6.07) is 6.79. The zero-order chi connectivity index (χ0) is 28.7. The molecule has 1 aliphatic heterocycles. The van der Waals surface area contributed by atoms with Crippen LogP contribution < -0.4 is 14.4 Å². The molecule has 0 fully saturated rings. The van der Waals surface area contributed by atoms with Gasteiger partial charge in [-0.3, -0.25) is 4.79 Å². The quantitative estimate of drug-likeness (QED) is 0.220. The van der Waals surface area contributed by atoms with Gasteiger partial charge >= 0.3 is 17.9 Å². The van der Waals surface area contributed by atoms with Gasteiger partial charge in [0.05, 0.1) is 19.3 Å². The van der Waals surface area contributed by atoms with Gasteiger partial charge in [-0.25, -0.2) is 9.59 Å². The van der Waals surface area contributed by atoms with E-state index in [9.17, 15) is 14.4 Å². The van der Waals surface area contributed by atoms with Crippen LogP contribution in [0.15, 0.2) is 35.9 Å². The van der Waals surface area contributed by atoms with Gasteiger partial charge in [0.1, 0.15) is 17.9 Å². The van der Waals surface area contributed by atoms with E-state index in [-0.39, 0.29) is 30.6 Å². The van der Waals surface area contributed by atoms with E-state index in [4.69, 9.17) is 36.3 Å². The van der Waals surface area contributed by atoms with Gasteiger partial charge in [0.15, 0.2) is 5.75 Å². The third-order valence-electron chi connectivity index (χ3n) is 6.43. The summed E-state index contributed by atoms with van der Waals surface area (Å²) in [7, 11) is 1.54. The SMILES string of the molecule is CCOC(=O)c1ccc(N(CC)C(=S)Oc2c(CC=C(C)CCC(=O)O)c(OC)c(C)c3c2C(=O)OC3)cc1. The minimum absolute atomic E-state index is 0.0167. The molecule has 0 spiro atoms. The Labute approximate surface area is 233 Å². The third-order valence-corrected chi connectivity index (χ3v) is 6.73. The fourth-order valence-electron chi connectivity index (χ4n) is 4.36. The Kier molecular flexibility index (Phi) is 10.1. The lowest BCUT2D eigenvalue weighted by Crippen LogP contribution is -2.33. The van der Waals surface area contributed by atoms with Crippen molar-refractivity contribution in [2.24, 2.45) is 0 Å². The molecule has 208 valence electrons. The van der Waals surface area contributed by atoms with E-state index < -0.39 is 17.9 Å². The number of benzene rings is 2. The maximum absolute atomic E-state index is 12.8.